The lowest BCUT2D eigenvalue weighted by Crippen LogP contribution is -2.58. The zero-order valence-corrected chi connectivity index (χ0v) is 20.3. The van der Waals surface area contributed by atoms with Crippen LogP contribution in [0.2, 0.25) is 0 Å². The number of carbonyl (C=O) groups is 3. The van der Waals surface area contributed by atoms with Gasteiger partial charge in [0.05, 0.1) is 13.2 Å². The van der Waals surface area contributed by atoms with E-state index in [4.69, 9.17) is 16.2 Å². The molecule has 1 aromatic rings. The van der Waals surface area contributed by atoms with Crippen LogP contribution >= 0.6 is 0 Å². The Hall–Kier alpha value is -2.65. The molecule has 0 bridgehead atoms. The first-order valence-corrected chi connectivity index (χ1v) is 12.4. The first-order chi connectivity index (χ1) is 16.4. The highest BCUT2D eigenvalue weighted by Gasteiger charge is 2.47. The van der Waals surface area contributed by atoms with E-state index in [2.05, 4.69) is 10.6 Å². The molecule has 2 heterocycles. The van der Waals surface area contributed by atoms with E-state index in [1.807, 2.05) is 31.2 Å². The number of fused-ring (bicyclic) bond motifs is 1. The average molecular weight is 474 g/mol. The molecule has 9 heteroatoms. The highest BCUT2D eigenvalue weighted by atomic mass is 16.5. The zero-order chi connectivity index (χ0) is 24.7. The first kappa shape index (κ1) is 26.0. The number of methoxy groups -OCH3 is 1. The molecule has 6 N–H and O–H groups in total. The van der Waals surface area contributed by atoms with Gasteiger partial charge in [-0.3, -0.25) is 14.4 Å². The zero-order valence-electron chi connectivity index (χ0n) is 20.3. The molecule has 188 valence electrons. The second-order valence-electron chi connectivity index (χ2n) is 9.30. The van der Waals surface area contributed by atoms with Crippen molar-refractivity contribution in [3.05, 3.63) is 29.8 Å². The van der Waals surface area contributed by atoms with Crippen molar-refractivity contribution in [1.82, 2.24) is 15.5 Å². The summed E-state index contributed by atoms with van der Waals surface area (Å²) in [6, 6.07) is 5.85. The van der Waals surface area contributed by atoms with E-state index in [0.717, 1.165) is 30.6 Å². The van der Waals surface area contributed by atoms with E-state index in [-0.39, 0.29) is 29.7 Å². The van der Waals surface area contributed by atoms with Crippen molar-refractivity contribution < 1.29 is 19.1 Å². The van der Waals surface area contributed by atoms with Gasteiger partial charge in [0.2, 0.25) is 17.7 Å². The van der Waals surface area contributed by atoms with E-state index in [1.165, 1.54) is 0 Å². The summed E-state index contributed by atoms with van der Waals surface area (Å²) < 4.78 is 5.18. The van der Waals surface area contributed by atoms with Crippen molar-refractivity contribution in [3.63, 3.8) is 0 Å². The van der Waals surface area contributed by atoms with Gasteiger partial charge < -0.3 is 31.7 Å². The highest BCUT2D eigenvalue weighted by molar-refractivity contribution is 5.94. The molecule has 0 radical (unpaired) electrons. The Balaban J connectivity index is 1.67. The maximum Gasteiger partial charge on any atom is 0.246 e. The molecule has 3 rings (SSSR count). The number of carbonyl (C=O) groups excluding carboxylic acids is 3. The average Bonchev–Trinajstić information content (AvgIpc) is 3.23. The second kappa shape index (κ2) is 12.2. The Morgan fingerprint density at radius 2 is 1.88 bits per heavy atom. The molecule has 0 aromatic heterocycles. The van der Waals surface area contributed by atoms with Crippen LogP contribution in [0.25, 0.3) is 0 Å². The van der Waals surface area contributed by atoms with Crippen molar-refractivity contribution in [3.8, 4) is 5.75 Å². The minimum Gasteiger partial charge on any atom is -0.497 e. The molecular formula is C25H39N5O4. The van der Waals surface area contributed by atoms with Gasteiger partial charge in [-0.2, -0.15) is 0 Å². The summed E-state index contributed by atoms with van der Waals surface area (Å²) in [6.45, 7) is 2.75. The highest BCUT2D eigenvalue weighted by Crippen LogP contribution is 2.35. The van der Waals surface area contributed by atoms with Gasteiger partial charge in [-0.25, -0.2) is 0 Å². The summed E-state index contributed by atoms with van der Waals surface area (Å²) in [5.74, 6) is 0.0669. The molecule has 2 aliphatic heterocycles. The minimum absolute atomic E-state index is 0.00635. The van der Waals surface area contributed by atoms with Crippen LogP contribution in [-0.2, 0) is 20.8 Å². The van der Waals surface area contributed by atoms with Crippen LogP contribution in [0.15, 0.2) is 24.3 Å². The number of benzene rings is 1. The molecule has 9 nitrogen and oxygen atoms in total. The fraction of sp³-hybridized carbons (Fsp3) is 0.640. The van der Waals surface area contributed by atoms with Gasteiger partial charge in [-0.1, -0.05) is 19.1 Å². The minimum atomic E-state index is -0.702. The normalized spacial score (nSPS) is 25.3. The third-order valence-corrected chi connectivity index (χ3v) is 7.15. The Morgan fingerprint density at radius 1 is 1.18 bits per heavy atom. The lowest BCUT2D eigenvalue weighted by Gasteiger charge is -2.32. The number of hydrogen-bond donors (Lipinski definition) is 4. The van der Waals surface area contributed by atoms with Gasteiger partial charge in [0, 0.05) is 12.6 Å². The molecule has 5 atom stereocenters. The first-order valence-electron chi connectivity index (χ1n) is 12.4. The van der Waals surface area contributed by atoms with Crippen molar-refractivity contribution in [2.24, 2.45) is 17.4 Å². The van der Waals surface area contributed by atoms with Gasteiger partial charge in [-0.05, 0) is 75.1 Å². The summed E-state index contributed by atoms with van der Waals surface area (Å²) >= 11 is 0. The SMILES string of the molecule is CC[C@H](N)C(=O)N[C@@H]1C(=O)N2[C@@H](CC[C@@H]1CCN)CC[C@H]2C(=O)NCCc1ccc(OC)cc1. The topological polar surface area (TPSA) is 140 Å². The maximum atomic E-state index is 13.7. The van der Waals surface area contributed by atoms with Crippen LogP contribution < -0.4 is 26.8 Å². The molecule has 3 amide bonds. The van der Waals surface area contributed by atoms with Crippen molar-refractivity contribution in [2.45, 2.75) is 76.0 Å². The number of hydrogen-bond acceptors (Lipinski definition) is 6. The molecule has 0 spiro atoms. The number of nitrogens with two attached hydrogens (primary N) is 2. The van der Waals surface area contributed by atoms with Crippen LogP contribution in [0.3, 0.4) is 0 Å². The van der Waals surface area contributed by atoms with Gasteiger partial charge >= 0.3 is 0 Å². The number of nitrogens with zero attached hydrogens (tertiary/aromatic N) is 1. The Bertz CT molecular complexity index is 846. The number of ether oxygens (including phenoxy) is 1. The maximum absolute atomic E-state index is 13.7. The predicted molar refractivity (Wildman–Crippen MR) is 130 cm³/mol. The number of rotatable bonds is 10. The molecule has 0 saturated carbocycles. The van der Waals surface area contributed by atoms with Gasteiger partial charge in [0.1, 0.15) is 17.8 Å². The van der Waals surface area contributed by atoms with E-state index in [0.29, 0.717) is 38.8 Å². The van der Waals surface area contributed by atoms with Crippen LogP contribution in [0.4, 0.5) is 0 Å². The largest absolute Gasteiger partial charge is 0.497 e. The third kappa shape index (κ3) is 6.07. The van der Waals surface area contributed by atoms with E-state index in [1.54, 1.807) is 12.0 Å². The van der Waals surface area contributed by atoms with Crippen LogP contribution in [0.1, 0.15) is 51.0 Å². The van der Waals surface area contributed by atoms with Gasteiger partial charge in [-0.15, -0.1) is 0 Å². The van der Waals surface area contributed by atoms with E-state index >= 15 is 0 Å². The molecule has 34 heavy (non-hydrogen) atoms. The molecule has 2 saturated heterocycles. The lowest BCUT2D eigenvalue weighted by molar-refractivity contribution is -0.143. The fourth-order valence-corrected chi connectivity index (χ4v) is 5.08. The van der Waals surface area contributed by atoms with Gasteiger partial charge in [0.15, 0.2) is 0 Å². The Kier molecular flexibility index (Phi) is 9.29. The summed E-state index contributed by atoms with van der Waals surface area (Å²) in [7, 11) is 1.63. The van der Waals surface area contributed by atoms with Crippen molar-refractivity contribution in [1.29, 1.82) is 0 Å². The summed E-state index contributed by atoms with van der Waals surface area (Å²) in [5, 5.41) is 5.89. The smallest absolute Gasteiger partial charge is 0.246 e. The van der Waals surface area contributed by atoms with Crippen molar-refractivity contribution in [2.75, 3.05) is 20.2 Å². The standard InChI is InChI=1S/C25H39N5O4/c1-3-20(27)23(31)29-22-17(12-14-26)6-7-18-8-11-21(30(18)25(22)33)24(32)28-15-13-16-4-9-19(34-2)10-5-16/h4-5,9-10,17-18,20-22H,3,6-8,11-15,26-27H2,1-2H3,(H,28,32)(H,29,31)/t17-,18+,20+,21+,22+/m1/s1. The summed E-state index contributed by atoms with van der Waals surface area (Å²) in [5.41, 5.74) is 12.8. The Labute approximate surface area is 201 Å². The molecule has 2 fully saturated rings. The van der Waals surface area contributed by atoms with Crippen molar-refractivity contribution >= 4 is 17.7 Å². The molecular weight excluding hydrogens is 434 g/mol. The summed E-state index contributed by atoms with van der Waals surface area (Å²) in [6.07, 6.45) is 4.80. The van der Waals surface area contributed by atoms with Crippen LogP contribution in [0, 0.1) is 5.92 Å². The quantitative estimate of drug-likeness (QED) is 0.394. The predicted octanol–water partition coefficient (Wildman–Crippen LogP) is 0.694. The van der Waals surface area contributed by atoms with Crippen LogP contribution in [0.5, 0.6) is 5.75 Å². The Morgan fingerprint density at radius 3 is 2.53 bits per heavy atom. The van der Waals surface area contributed by atoms with E-state index < -0.39 is 18.1 Å². The fourth-order valence-electron chi connectivity index (χ4n) is 5.08. The van der Waals surface area contributed by atoms with Gasteiger partial charge in [0.25, 0.3) is 0 Å². The summed E-state index contributed by atoms with van der Waals surface area (Å²) in [4.78, 5) is 41.0. The monoisotopic (exact) mass is 473 g/mol. The van der Waals surface area contributed by atoms with E-state index in [9.17, 15) is 14.4 Å². The molecule has 1 aromatic carbocycles. The molecule has 0 aliphatic carbocycles. The van der Waals surface area contributed by atoms with Crippen LogP contribution in [-0.4, -0.2) is 67.0 Å². The number of amides is 3. The molecule has 0 unspecified atom stereocenters. The molecule has 2 aliphatic rings. The second-order valence-corrected chi connectivity index (χ2v) is 9.30. The number of nitrogens with one attached hydrogen (secondary N) is 2. The third-order valence-electron chi connectivity index (χ3n) is 7.15. The lowest BCUT2D eigenvalue weighted by atomic mass is 9.90.